The summed E-state index contributed by atoms with van der Waals surface area (Å²) in [6.45, 7) is 1.37. The summed E-state index contributed by atoms with van der Waals surface area (Å²) in [5, 5.41) is 18.2. The first-order valence-electron chi connectivity index (χ1n) is 3.76. The smallest absolute Gasteiger partial charge is 0.807 e. The van der Waals surface area contributed by atoms with Crippen LogP contribution in [0.25, 0.3) is 5.41 Å². The molecule has 0 bridgehead atoms. The predicted molar refractivity (Wildman–Crippen MR) is 64.8 cm³/mol. The zero-order chi connectivity index (χ0) is 12.0. The Bertz CT molecular complexity index is 389. The average molecular weight is 250 g/mol. The van der Waals surface area contributed by atoms with Crippen LogP contribution in [0, 0.1) is 13.2 Å². The molecular formula is C10H12FLiN2O2S-2. The van der Waals surface area contributed by atoms with Crippen molar-refractivity contribution in [2.24, 2.45) is 5.73 Å². The van der Waals surface area contributed by atoms with E-state index >= 15 is 0 Å². The number of benzene rings is 1. The van der Waals surface area contributed by atoms with Gasteiger partial charge in [-0.2, -0.15) is 12.1 Å². The minimum Gasteiger partial charge on any atom is -0.807 e. The minimum atomic E-state index is -0.570. The van der Waals surface area contributed by atoms with Crippen LogP contribution < -0.4 is 24.6 Å². The summed E-state index contributed by atoms with van der Waals surface area (Å²) in [6.07, 6.45) is 1.00. The van der Waals surface area contributed by atoms with Crippen LogP contribution in [0.4, 0.5) is 4.39 Å². The van der Waals surface area contributed by atoms with Crippen LogP contribution in [-0.4, -0.2) is 17.2 Å². The van der Waals surface area contributed by atoms with Crippen molar-refractivity contribution in [3.05, 3.63) is 36.3 Å². The Balaban J connectivity index is -0.000000356. The number of aromatic hydroxyl groups is 1. The van der Waals surface area contributed by atoms with Crippen LogP contribution in [0.5, 0.6) is 5.75 Å². The van der Waals surface area contributed by atoms with Gasteiger partial charge in [0.15, 0.2) is 0 Å². The van der Waals surface area contributed by atoms with Crippen molar-refractivity contribution in [2.75, 3.05) is 0 Å². The molecular weight excluding hydrogens is 238 g/mol. The van der Waals surface area contributed by atoms with Gasteiger partial charge in [0.1, 0.15) is 11.6 Å². The summed E-state index contributed by atoms with van der Waals surface area (Å²) in [4.78, 5) is 8.51. The fraction of sp³-hybridized carbons (Fsp3) is 0.100. The minimum absolute atomic E-state index is 0. The van der Waals surface area contributed by atoms with Gasteiger partial charge in [0.2, 0.25) is 0 Å². The van der Waals surface area contributed by atoms with E-state index < -0.39 is 5.82 Å². The fourth-order valence-electron chi connectivity index (χ4n) is 0.841. The molecule has 0 heterocycles. The number of primary amides is 1. The van der Waals surface area contributed by atoms with Crippen LogP contribution in [0.15, 0.2) is 17.0 Å². The number of carbonyl (C=O) groups excluding carboxylic acids is 1. The molecule has 0 spiro atoms. The standard InChI is InChI=1S/C8H7FNOS.CH2NO.CH3.Li/c1-4(10)5-2-6(9)8(12)3-7(5)11;2-1-3;;/h2-3,11-12H,1H3;(H2,2,3);1H3;/q3*-1;+1. The molecule has 0 aliphatic heterocycles. The topological polar surface area (TPSA) is 85.6 Å². The maximum Gasteiger partial charge on any atom is 1.00 e. The van der Waals surface area contributed by atoms with Gasteiger partial charge in [-0.3, -0.25) is 0 Å². The molecule has 0 aliphatic carbocycles. The van der Waals surface area contributed by atoms with Crippen molar-refractivity contribution in [3.63, 3.8) is 0 Å². The number of phenolic OH excluding ortho intramolecular Hbond substituents is 1. The van der Waals surface area contributed by atoms with Gasteiger partial charge in [0.25, 0.3) is 0 Å². The van der Waals surface area contributed by atoms with Gasteiger partial charge in [0.05, 0.1) is 0 Å². The maximum atomic E-state index is 12.8. The van der Waals surface area contributed by atoms with E-state index in [0.717, 1.165) is 18.5 Å². The second-order valence-corrected chi connectivity index (χ2v) is 3.01. The normalized spacial score (nSPS) is 7.71. The van der Waals surface area contributed by atoms with Crippen molar-refractivity contribution < 1.29 is 33.2 Å². The molecule has 90 valence electrons. The van der Waals surface area contributed by atoms with E-state index in [0.29, 0.717) is 0 Å². The maximum absolute atomic E-state index is 12.8. The number of thiol groups is 1. The second kappa shape index (κ2) is 10.2. The monoisotopic (exact) mass is 250 g/mol. The van der Waals surface area contributed by atoms with Crippen LogP contribution in [0.2, 0.25) is 0 Å². The van der Waals surface area contributed by atoms with Crippen LogP contribution in [-0.2, 0) is 4.79 Å². The first kappa shape index (κ1) is 21.3. The quantitative estimate of drug-likeness (QED) is 0.189. The Kier molecular flexibility index (Phi) is 12.8. The third-order valence-corrected chi connectivity index (χ3v) is 1.80. The Morgan fingerprint density at radius 1 is 1.59 bits per heavy atom. The molecule has 0 radical (unpaired) electrons. The first-order chi connectivity index (χ1) is 6.93. The van der Waals surface area contributed by atoms with Gasteiger partial charge in [-0.15, -0.1) is 12.6 Å². The average Bonchev–Trinajstić information content (AvgIpc) is 2.12. The van der Waals surface area contributed by atoms with E-state index in [1.165, 1.54) is 6.92 Å². The summed E-state index contributed by atoms with van der Waals surface area (Å²) < 4.78 is 12.8. The number of hydrogen-bond donors (Lipinski definition) is 3. The van der Waals surface area contributed by atoms with Gasteiger partial charge < -0.3 is 28.5 Å². The zero-order valence-corrected chi connectivity index (χ0v) is 10.8. The SMILES string of the molecule is CC(=[N-])c1cc(F)c(S)cc1O.N[C-]=O.[CH3-].[Li+]. The summed E-state index contributed by atoms with van der Waals surface area (Å²) in [7, 11) is 0. The Morgan fingerprint density at radius 3 is 2.35 bits per heavy atom. The number of halogens is 1. The van der Waals surface area contributed by atoms with E-state index in [1.807, 2.05) is 0 Å². The molecule has 1 rings (SSSR count). The van der Waals surface area contributed by atoms with E-state index in [1.54, 1.807) is 0 Å². The predicted octanol–water partition coefficient (Wildman–Crippen LogP) is -1.34. The second-order valence-electron chi connectivity index (χ2n) is 2.52. The molecule has 1 aromatic rings. The Hall–Kier alpha value is -0.963. The molecule has 0 aliphatic rings. The van der Waals surface area contributed by atoms with E-state index in [9.17, 15) is 9.50 Å². The van der Waals surface area contributed by atoms with Gasteiger partial charge in [-0.05, 0) is 17.7 Å². The number of rotatable bonds is 1. The Labute approximate surface area is 118 Å². The molecule has 17 heavy (non-hydrogen) atoms. The molecule has 0 fully saturated rings. The number of nitrogens with two attached hydrogens (primary N) is 1. The summed E-state index contributed by atoms with van der Waals surface area (Å²) in [5.41, 5.74) is 4.00. The Morgan fingerprint density at radius 2 is 2.00 bits per heavy atom. The van der Waals surface area contributed by atoms with Crippen molar-refractivity contribution >= 4 is 24.8 Å². The number of nitrogens with zero attached hydrogens (tertiary/aromatic N) is 1. The van der Waals surface area contributed by atoms with Crippen molar-refractivity contribution in [2.45, 2.75) is 11.8 Å². The van der Waals surface area contributed by atoms with Gasteiger partial charge in [0, 0.05) is 4.90 Å². The largest absolute Gasteiger partial charge is 1.00 e. The third kappa shape index (κ3) is 7.05. The van der Waals surface area contributed by atoms with E-state index in [2.05, 4.69) is 18.4 Å². The van der Waals surface area contributed by atoms with Crippen molar-refractivity contribution in [1.29, 1.82) is 0 Å². The van der Waals surface area contributed by atoms with Crippen LogP contribution in [0.3, 0.4) is 0 Å². The number of phenols is 1. The van der Waals surface area contributed by atoms with Gasteiger partial charge in [-0.25, -0.2) is 4.39 Å². The molecule has 0 saturated heterocycles. The molecule has 1 amide bonds. The molecule has 0 atom stereocenters. The van der Waals surface area contributed by atoms with Crippen LogP contribution >= 0.6 is 12.6 Å². The van der Waals surface area contributed by atoms with Crippen molar-refractivity contribution in [3.8, 4) is 5.75 Å². The molecule has 0 aromatic heterocycles. The third-order valence-electron chi connectivity index (χ3n) is 1.45. The molecule has 7 heteroatoms. The summed E-state index contributed by atoms with van der Waals surface area (Å²) in [6, 6.07) is 2.18. The summed E-state index contributed by atoms with van der Waals surface area (Å²) >= 11 is 3.76. The van der Waals surface area contributed by atoms with Crippen LogP contribution in [0.1, 0.15) is 12.5 Å². The molecule has 4 nitrogen and oxygen atoms in total. The van der Waals surface area contributed by atoms with Crippen molar-refractivity contribution in [1.82, 2.24) is 0 Å². The molecule has 0 saturated carbocycles. The zero-order valence-electron chi connectivity index (χ0n) is 9.86. The number of hydrogen-bond acceptors (Lipinski definition) is 3. The fourth-order valence-corrected chi connectivity index (χ4v) is 1.03. The first-order valence-corrected chi connectivity index (χ1v) is 4.20. The van der Waals surface area contributed by atoms with Gasteiger partial charge in [-0.1, -0.05) is 6.92 Å². The van der Waals surface area contributed by atoms with E-state index in [4.69, 9.17) is 10.2 Å². The van der Waals surface area contributed by atoms with E-state index in [-0.39, 0.29) is 48.2 Å². The molecule has 1 aromatic carbocycles. The molecule has 0 unspecified atom stereocenters. The number of amides is 1. The van der Waals surface area contributed by atoms with Gasteiger partial charge >= 0.3 is 18.9 Å². The molecule has 3 N–H and O–H groups in total. The summed E-state index contributed by atoms with van der Waals surface area (Å²) in [5.74, 6) is -0.749.